The Morgan fingerprint density at radius 3 is 2.38 bits per heavy atom. The molecular weight excluding hydrogens is 268 g/mol. The highest BCUT2D eigenvalue weighted by Gasteiger charge is 2.12. The fourth-order valence-corrected chi connectivity index (χ4v) is 1.74. The normalized spacial score (nSPS) is 11.0. The van der Waals surface area contributed by atoms with Crippen LogP contribution in [0.5, 0.6) is 6.01 Å². The van der Waals surface area contributed by atoms with E-state index in [2.05, 4.69) is 39.3 Å². The van der Waals surface area contributed by atoms with Crippen molar-refractivity contribution in [1.82, 2.24) is 19.9 Å². The van der Waals surface area contributed by atoms with Gasteiger partial charge in [-0.3, -0.25) is 0 Å². The van der Waals surface area contributed by atoms with Crippen molar-refractivity contribution >= 4 is 11.9 Å². The molecule has 1 aromatic rings. The lowest BCUT2D eigenvalue weighted by atomic mass is 10.4. The van der Waals surface area contributed by atoms with Gasteiger partial charge in [-0.15, -0.1) is 0 Å². The standard InChI is InChI=1S/C14H28N6O/c1-7-15-12-16-13(18-14(17-12)21-11(2)3)20(6)10-8-9-19(4)5/h11H,7-10H2,1-6H3,(H,15,16,17,18). The first-order valence-electron chi connectivity index (χ1n) is 7.44. The van der Waals surface area contributed by atoms with Crippen LogP contribution in [0.25, 0.3) is 0 Å². The number of nitrogens with one attached hydrogen (secondary N) is 1. The van der Waals surface area contributed by atoms with Gasteiger partial charge >= 0.3 is 6.01 Å². The van der Waals surface area contributed by atoms with Crippen molar-refractivity contribution in [3.8, 4) is 6.01 Å². The van der Waals surface area contributed by atoms with E-state index < -0.39 is 0 Å². The molecule has 0 aliphatic rings. The predicted octanol–water partition coefficient (Wildman–Crippen LogP) is 1.48. The molecule has 0 atom stereocenters. The monoisotopic (exact) mass is 296 g/mol. The number of hydrogen-bond donors (Lipinski definition) is 1. The van der Waals surface area contributed by atoms with Gasteiger partial charge in [0.25, 0.3) is 0 Å². The third kappa shape index (κ3) is 6.57. The van der Waals surface area contributed by atoms with Crippen LogP contribution >= 0.6 is 0 Å². The summed E-state index contributed by atoms with van der Waals surface area (Å²) >= 11 is 0. The maximum atomic E-state index is 5.60. The van der Waals surface area contributed by atoms with E-state index in [-0.39, 0.29) is 6.10 Å². The molecule has 1 rings (SSSR count). The average molecular weight is 296 g/mol. The van der Waals surface area contributed by atoms with Crippen LogP contribution in [0.2, 0.25) is 0 Å². The van der Waals surface area contributed by atoms with Crippen molar-refractivity contribution < 1.29 is 4.74 Å². The zero-order chi connectivity index (χ0) is 15.8. The summed E-state index contributed by atoms with van der Waals surface area (Å²) in [6, 6.07) is 0.366. The Morgan fingerprint density at radius 1 is 1.10 bits per heavy atom. The summed E-state index contributed by atoms with van der Waals surface area (Å²) in [6.45, 7) is 8.59. The van der Waals surface area contributed by atoms with Crippen LogP contribution in [0.4, 0.5) is 11.9 Å². The molecule has 0 bridgehead atoms. The zero-order valence-electron chi connectivity index (χ0n) is 14.1. The second-order valence-corrected chi connectivity index (χ2v) is 5.52. The first kappa shape index (κ1) is 17.4. The highest BCUT2D eigenvalue weighted by atomic mass is 16.5. The number of aromatic nitrogens is 3. The molecule has 7 nitrogen and oxygen atoms in total. The summed E-state index contributed by atoms with van der Waals surface area (Å²) in [5, 5.41) is 3.11. The maximum Gasteiger partial charge on any atom is 0.323 e. The molecule has 0 aliphatic heterocycles. The van der Waals surface area contributed by atoms with Crippen molar-refractivity contribution in [2.45, 2.75) is 33.3 Å². The van der Waals surface area contributed by atoms with E-state index in [1.54, 1.807) is 0 Å². The molecule has 120 valence electrons. The van der Waals surface area contributed by atoms with Gasteiger partial charge < -0.3 is 19.9 Å². The Bertz CT molecular complexity index is 424. The molecule has 0 saturated carbocycles. The van der Waals surface area contributed by atoms with Gasteiger partial charge in [-0.1, -0.05) is 0 Å². The Balaban J connectivity index is 2.80. The van der Waals surface area contributed by atoms with Gasteiger partial charge in [0.2, 0.25) is 11.9 Å². The molecule has 0 amide bonds. The highest BCUT2D eigenvalue weighted by molar-refractivity contribution is 5.37. The number of anilines is 2. The van der Waals surface area contributed by atoms with Gasteiger partial charge in [0.1, 0.15) is 0 Å². The van der Waals surface area contributed by atoms with E-state index in [1.807, 2.05) is 32.7 Å². The maximum absolute atomic E-state index is 5.60. The van der Waals surface area contributed by atoms with E-state index in [0.29, 0.717) is 17.9 Å². The Morgan fingerprint density at radius 2 is 1.81 bits per heavy atom. The molecule has 1 N–H and O–H groups in total. The van der Waals surface area contributed by atoms with Crippen LogP contribution in [0.3, 0.4) is 0 Å². The molecule has 0 aromatic carbocycles. The minimum absolute atomic E-state index is 0.0359. The lowest BCUT2D eigenvalue weighted by Gasteiger charge is -2.19. The van der Waals surface area contributed by atoms with Crippen LogP contribution in [-0.2, 0) is 0 Å². The summed E-state index contributed by atoms with van der Waals surface area (Å²) < 4.78 is 5.60. The van der Waals surface area contributed by atoms with Gasteiger partial charge in [0.15, 0.2) is 0 Å². The second kappa shape index (κ2) is 8.61. The van der Waals surface area contributed by atoms with E-state index in [9.17, 15) is 0 Å². The predicted molar refractivity (Wildman–Crippen MR) is 86.2 cm³/mol. The molecule has 1 heterocycles. The smallest absolute Gasteiger partial charge is 0.323 e. The highest BCUT2D eigenvalue weighted by Crippen LogP contribution is 2.15. The lowest BCUT2D eigenvalue weighted by molar-refractivity contribution is 0.222. The van der Waals surface area contributed by atoms with E-state index in [0.717, 1.165) is 26.1 Å². The fourth-order valence-electron chi connectivity index (χ4n) is 1.74. The molecule has 0 aliphatic carbocycles. The zero-order valence-corrected chi connectivity index (χ0v) is 14.1. The SMILES string of the molecule is CCNc1nc(OC(C)C)nc(N(C)CCCN(C)C)n1. The molecule has 7 heteroatoms. The van der Waals surface area contributed by atoms with Crippen molar-refractivity contribution in [2.24, 2.45) is 0 Å². The summed E-state index contributed by atoms with van der Waals surface area (Å²) in [4.78, 5) is 17.3. The van der Waals surface area contributed by atoms with Crippen molar-refractivity contribution in [3.63, 3.8) is 0 Å². The molecule has 0 unspecified atom stereocenters. The van der Waals surface area contributed by atoms with Crippen LogP contribution in [0.1, 0.15) is 27.2 Å². The first-order valence-corrected chi connectivity index (χ1v) is 7.44. The Kier molecular flexibility index (Phi) is 7.14. The summed E-state index contributed by atoms with van der Waals surface area (Å²) in [5.74, 6) is 1.19. The lowest BCUT2D eigenvalue weighted by Crippen LogP contribution is -2.25. The van der Waals surface area contributed by atoms with E-state index in [4.69, 9.17) is 4.74 Å². The minimum atomic E-state index is 0.0359. The molecular formula is C14H28N6O. The van der Waals surface area contributed by atoms with Crippen LogP contribution in [-0.4, -0.2) is 66.7 Å². The van der Waals surface area contributed by atoms with Gasteiger partial charge in [-0.2, -0.15) is 15.0 Å². The molecule has 21 heavy (non-hydrogen) atoms. The van der Waals surface area contributed by atoms with Gasteiger partial charge in [-0.05, 0) is 47.8 Å². The van der Waals surface area contributed by atoms with Crippen LogP contribution < -0.4 is 15.0 Å². The van der Waals surface area contributed by atoms with Crippen LogP contribution in [0.15, 0.2) is 0 Å². The largest absolute Gasteiger partial charge is 0.461 e. The molecule has 0 radical (unpaired) electrons. The second-order valence-electron chi connectivity index (χ2n) is 5.52. The molecule has 0 fully saturated rings. The third-order valence-electron chi connectivity index (χ3n) is 2.72. The summed E-state index contributed by atoms with van der Waals surface area (Å²) in [7, 11) is 6.13. The molecule has 0 spiro atoms. The minimum Gasteiger partial charge on any atom is -0.461 e. The Labute approximate surface area is 127 Å². The van der Waals surface area contributed by atoms with Crippen molar-refractivity contribution in [1.29, 1.82) is 0 Å². The fraction of sp³-hybridized carbons (Fsp3) is 0.786. The topological polar surface area (TPSA) is 66.4 Å². The molecule has 0 saturated heterocycles. The number of nitrogens with zero attached hydrogens (tertiary/aromatic N) is 5. The quantitative estimate of drug-likeness (QED) is 0.740. The number of ether oxygens (including phenoxy) is 1. The van der Waals surface area contributed by atoms with Gasteiger partial charge in [0.05, 0.1) is 6.10 Å². The summed E-state index contributed by atoms with van der Waals surface area (Å²) in [5.41, 5.74) is 0. The molecule has 1 aromatic heterocycles. The summed E-state index contributed by atoms with van der Waals surface area (Å²) in [6.07, 6.45) is 1.08. The Hall–Kier alpha value is -1.63. The van der Waals surface area contributed by atoms with Crippen molar-refractivity contribution in [2.75, 3.05) is 51.0 Å². The van der Waals surface area contributed by atoms with Crippen LogP contribution in [0, 0.1) is 0 Å². The first-order chi connectivity index (χ1) is 9.92. The average Bonchev–Trinajstić information content (AvgIpc) is 2.37. The van der Waals surface area contributed by atoms with Gasteiger partial charge in [0, 0.05) is 20.1 Å². The number of rotatable bonds is 9. The van der Waals surface area contributed by atoms with E-state index >= 15 is 0 Å². The number of hydrogen-bond acceptors (Lipinski definition) is 7. The van der Waals surface area contributed by atoms with Crippen molar-refractivity contribution in [3.05, 3.63) is 0 Å². The third-order valence-corrected chi connectivity index (χ3v) is 2.72. The van der Waals surface area contributed by atoms with Gasteiger partial charge in [-0.25, -0.2) is 0 Å². The van der Waals surface area contributed by atoms with E-state index in [1.165, 1.54) is 0 Å².